The molecule has 3 aromatic rings. The van der Waals surface area contributed by atoms with Crippen LogP contribution in [0.2, 0.25) is 0 Å². The molecule has 25 heavy (non-hydrogen) atoms. The quantitative estimate of drug-likeness (QED) is 0.363. The Hall–Kier alpha value is -2.50. The van der Waals surface area contributed by atoms with Gasteiger partial charge in [-0.2, -0.15) is 0 Å². The molecule has 126 valence electrons. The molecule has 0 aliphatic heterocycles. The molecule has 0 bridgehead atoms. The fourth-order valence-electron chi connectivity index (χ4n) is 1.76. The molecule has 1 amide bonds. The number of benzene rings is 1. The number of nitro groups is 1. The van der Waals surface area contributed by atoms with Gasteiger partial charge in [0.15, 0.2) is 0 Å². The average Bonchev–Trinajstić information content (AvgIpc) is 3.22. The van der Waals surface area contributed by atoms with Crippen molar-refractivity contribution < 1.29 is 9.72 Å². The number of carbonyl (C=O) groups is 1. The fourth-order valence-corrected chi connectivity index (χ4v) is 3.50. The predicted octanol–water partition coefficient (Wildman–Crippen LogP) is 4.27. The molecule has 0 unspecified atom stereocenters. The highest BCUT2D eigenvalue weighted by molar-refractivity contribution is 9.10. The maximum Gasteiger partial charge on any atom is 0.324 e. The largest absolute Gasteiger partial charge is 0.324 e. The van der Waals surface area contributed by atoms with Crippen LogP contribution >= 0.6 is 38.6 Å². The van der Waals surface area contributed by atoms with Crippen molar-refractivity contribution in [3.05, 3.63) is 61.4 Å². The first-order chi connectivity index (χ1) is 12.0. The number of hydrogen-bond acceptors (Lipinski definition) is 8. The lowest BCUT2D eigenvalue weighted by Gasteiger charge is -2.02. The maximum absolute atomic E-state index is 12.2. The molecule has 2 heterocycles. The van der Waals surface area contributed by atoms with Crippen molar-refractivity contribution in [2.45, 2.75) is 0 Å². The van der Waals surface area contributed by atoms with Crippen LogP contribution in [-0.4, -0.2) is 27.2 Å². The minimum Gasteiger partial charge on any atom is -0.296 e. The lowest BCUT2D eigenvalue weighted by Crippen LogP contribution is -2.12. The van der Waals surface area contributed by atoms with Gasteiger partial charge in [0, 0.05) is 16.8 Å². The van der Waals surface area contributed by atoms with Gasteiger partial charge in [0.1, 0.15) is 0 Å². The number of rotatable bonds is 5. The third-order valence-corrected chi connectivity index (χ3v) is 5.26. The number of halogens is 1. The van der Waals surface area contributed by atoms with Crippen LogP contribution in [0.5, 0.6) is 0 Å². The van der Waals surface area contributed by atoms with E-state index in [0.29, 0.717) is 25.2 Å². The number of aromatic nitrogens is 2. The summed E-state index contributed by atoms with van der Waals surface area (Å²) in [6.45, 7) is 0. The molecule has 1 aromatic carbocycles. The summed E-state index contributed by atoms with van der Waals surface area (Å²) in [5.74, 6) is -0.312. The van der Waals surface area contributed by atoms with E-state index in [9.17, 15) is 14.9 Å². The molecule has 11 heteroatoms. The first-order valence-electron chi connectivity index (χ1n) is 6.70. The first-order valence-corrected chi connectivity index (χ1v) is 9.13. The van der Waals surface area contributed by atoms with Gasteiger partial charge in [0.25, 0.3) is 5.91 Å². The molecule has 0 spiro atoms. The molecule has 3 rings (SSSR count). The number of nitrogens with one attached hydrogen (secondary N) is 1. The third kappa shape index (κ3) is 4.32. The second-order valence-corrected chi connectivity index (χ2v) is 7.42. The van der Waals surface area contributed by atoms with Crippen molar-refractivity contribution in [2.75, 3.05) is 5.32 Å². The molecule has 0 radical (unpaired) electrons. The molecule has 0 atom stereocenters. The Morgan fingerprint density at radius 1 is 1.24 bits per heavy atom. The van der Waals surface area contributed by atoms with Crippen molar-refractivity contribution in [3.8, 4) is 0 Å². The van der Waals surface area contributed by atoms with Crippen molar-refractivity contribution >= 4 is 66.0 Å². The van der Waals surface area contributed by atoms with Gasteiger partial charge in [-0.15, -0.1) is 10.2 Å². The fraction of sp³-hybridized carbons (Fsp3) is 0. The smallest absolute Gasteiger partial charge is 0.296 e. The second kappa shape index (κ2) is 7.59. The summed E-state index contributed by atoms with van der Waals surface area (Å²) in [6.07, 6.45) is 1.47. The standard InChI is InChI=1S/C14H8BrN5O3S2/c15-10-4-2-1-3-9(10)12(21)17-14-19-18-13(25-14)16-7-8-5-6-11(24-8)20(22)23/h1-7H,(H,17,19,21). The van der Waals surface area contributed by atoms with Gasteiger partial charge in [-0.05, 0) is 34.1 Å². The summed E-state index contributed by atoms with van der Waals surface area (Å²) in [5.41, 5.74) is 0.480. The van der Waals surface area contributed by atoms with Crippen LogP contribution in [-0.2, 0) is 0 Å². The zero-order valence-corrected chi connectivity index (χ0v) is 15.5. The Morgan fingerprint density at radius 3 is 2.76 bits per heavy atom. The summed E-state index contributed by atoms with van der Waals surface area (Å²) in [4.78, 5) is 27.1. The Bertz CT molecular complexity index is 969. The van der Waals surface area contributed by atoms with Crippen molar-refractivity contribution in [1.82, 2.24) is 10.2 Å². The van der Waals surface area contributed by atoms with E-state index in [1.54, 1.807) is 24.3 Å². The zero-order chi connectivity index (χ0) is 17.8. The summed E-state index contributed by atoms with van der Waals surface area (Å²) in [7, 11) is 0. The molecule has 0 aliphatic rings. The molecule has 0 aliphatic carbocycles. The van der Waals surface area contributed by atoms with E-state index >= 15 is 0 Å². The lowest BCUT2D eigenvalue weighted by atomic mass is 10.2. The summed E-state index contributed by atoms with van der Waals surface area (Å²) in [6, 6.07) is 10.0. The minimum atomic E-state index is -0.456. The van der Waals surface area contributed by atoms with Crippen molar-refractivity contribution in [2.24, 2.45) is 4.99 Å². The highest BCUT2D eigenvalue weighted by Crippen LogP contribution is 2.26. The number of nitrogens with zero attached hydrogens (tertiary/aromatic N) is 4. The van der Waals surface area contributed by atoms with Gasteiger partial charge < -0.3 is 0 Å². The Labute approximate surface area is 157 Å². The number of amides is 1. The number of carbonyl (C=O) groups excluding carboxylic acids is 1. The normalized spacial score (nSPS) is 10.9. The van der Waals surface area contributed by atoms with Gasteiger partial charge in [-0.3, -0.25) is 20.2 Å². The van der Waals surface area contributed by atoms with Gasteiger partial charge in [0.2, 0.25) is 10.3 Å². The first kappa shape index (κ1) is 17.3. The topological polar surface area (TPSA) is 110 Å². The Morgan fingerprint density at radius 2 is 2.04 bits per heavy atom. The monoisotopic (exact) mass is 437 g/mol. The van der Waals surface area contributed by atoms with Crippen LogP contribution in [0.1, 0.15) is 15.2 Å². The number of anilines is 1. The lowest BCUT2D eigenvalue weighted by molar-refractivity contribution is -0.380. The molecule has 0 fully saturated rings. The highest BCUT2D eigenvalue weighted by Gasteiger charge is 2.12. The SMILES string of the molecule is O=C(Nc1nnc(N=Cc2ccc([N+](=O)[O-])s2)s1)c1ccccc1Br. The van der Waals surface area contributed by atoms with Crippen LogP contribution in [0, 0.1) is 10.1 Å². The summed E-state index contributed by atoms with van der Waals surface area (Å²) < 4.78 is 0.676. The van der Waals surface area contributed by atoms with Gasteiger partial charge >= 0.3 is 5.00 Å². The third-order valence-electron chi connectivity index (χ3n) is 2.85. The van der Waals surface area contributed by atoms with Crippen molar-refractivity contribution in [3.63, 3.8) is 0 Å². The highest BCUT2D eigenvalue weighted by atomic mass is 79.9. The van der Waals surface area contributed by atoms with Crippen LogP contribution in [0.25, 0.3) is 0 Å². The molecule has 8 nitrogen and oxygen atoms in total. The zero-order valence-electron chi connectivity index (χ0n) is 12.2. The molecule has 0 saturated carbocycles. The van der Waals surface area contributed by atoms with E-state index in [4.69, 9.17) is 0 Å². The summed E-state index contributed by atoms with van der Waals surface area (Å²) in [5, 5.41) is 21.7. The molecular weight excluding hydrogens is 430 g/mol. The van der Waals surface area contributed by atoms with E-state index in [1.165, 1.54) is 12.3 Å². The van der Waals surface area contributed by atoms with Crippen LogP contribution in [0.4, 0.5) is 15.3 Å². The Kier molecular flexibility index (Phi) is 5.26. The average molecular weight is 438 g/mol. The number of hydrogen-bond donors (Lipinski definition) is 1. The van der Waals surface area contributed by atoms with E-state index in [-0.39, 0.29) is 10.9 Å². The van der Waals surface area contributed by atoms with E-state index in [0.717, 1.165) is 22.7 Å². The van der Waals surface area contributed by atoms with Crippen molar-refractivity contribution in [1.29, 1.82) is 0 Å². The maximum atomic E-state index is 12.2. The predicted molar refractivity (Wildman–Crippen MR) is 100 cm³/mol. The molecule has 2 aromatic heterocycles. The van der Waals surface area contributed by atoms with E-state index in [2.05, 4.69) is 36.4 Å². The van der Waals surface area contributed by atoms with Crippen LogP contribution in [0.15, 0.2) is 45.9 Å². The van der Waals surface area contributed by atoms with Gasteiger partial charge in [0.05, 0.1) is 15.4 Å². The molecule has 1 N–H and O–H groups in total. The van der Waals surface area contributed by atoms with Crippen LogP contribution in [0.3, 0.4) is 0 Å². The van der Waals surface area contributed by atoms with Gasteiger partial charge in [-0.25, -0.2) is 4.99 Å². The Balaban J connectivity index is 1.68. The summed E-state index contributed by atoms with van der Waals surface area (Å²) >= 11 is 5.42. The number of aliphatic imine (C=N–C) groups is 1. The molecule has 0 saturated heterocycles. The number of thiophene rings is 1. The van der Waals surface area contributed by atoms with Crippen LogP contribution < -0.4 is 5.32 Å². The van der Waals surface area contributed by atoms with E-state index in [1.807, 2.05) is 6.07 Å². The second-order valence-electron chi connectivity index (χ2n) is 4.52. The van der Waals surface area contributed by atoms with Gasteiger partial charge in [-0.1, -0.05) is 34.8 Å². The molecular formula is C14H8BrN5O3S2. The minimum absolute atomic E-state index is 0.0418. The van der Waals surface area contributed by atoms with E-state index < -0.39 is 4.92 Å².